The van der Waals surface area contributed by atoms with Crippen molar-refractivity contribution >= 4 is 12.4 Å². The largest absolute Gasteiger partial charge is 0.496 e. The van der Waals surface area contributed by atoms with Gasteiger partial charge in [0.25, 0.3) is 0 Å². The van der Waals surface area contributed by atoms with E-state index in [9.17, 15) is 0 Å². The van der Waals surface area contributed by atoms with E-state index in [4.69, 9.17) is 15.2 Å². The molecule has 0 radical (unpaired) electrons. The van der Waals surface area contributed by atoms with Gasteiger partial charge >= 0.3 is 0 Å². The Labute approximate surface area is 96.0 Å². The molecular weight excluding hydrogens is 214 g/mol. The van der Waals surface area contributed by atoms with Crippen LogP contribution in [0.1, 0.15) is 24.1 Å². The molecule has 0 fully saturated rings. The molecule has 2 atom stereocenters. The number of ether oxygens (including phenoxy) is 2. The number of hydrogen-bond donors (Lipinski definition) is 1. The molecule has 1 aliphatic rings. The zero-order chi connectivity index (χ0) is 10.1. The van der Waals surface area contributed by atoms with Crippen LogP contribution in [-0.4, -0.2) is 13.2 Å². The molecule has 0 unspecified atom stereocenters. The molecule has 0 amide bonds. The van der Waals surface area contributed by atoms with Crippen molar-refractivity contribution in [2.24, 2.45) is 5.73 Å². The number of halogens is 1. The van der Waals surface area contributed by atoms with Gasteiger partial charge in [-0.3, -0.25) is 0 Å². The average Bonchev–Trinajstić information content (AvgIpc) is 2.23. The summed E-state index contributed by atoms with van der Waals surface area (Å²) >= 11 is 0. The lowest BCUT2D eigenvalue weighted by molar-refractivity contribution is 0.0204. The van der Waals surface area contributed by atoms with Crippen LogP contribution in [0, 0.1) is 0 Å². The van der Waals surface area contributed by atoms with E-state index in [1.807, 2.05) is 25.1 Å². The van der Waals surface area contributed by atoms with Gasteiger partial charge in [-0.05, 0) is 18.6 Å². The predicted octanol–water partition coefficient (Wildman–Crippen LogP) is 2.04. The van der Waals surface area contributed by atoms with Crippen LogP contribution in [0.3, 0.4) is 0 Å². The quantitative estimate of drug-likeness (QED) is 0.802. The van der Waals surface area contributed by atoms with Gasteiger partial charge in [-0.1, -0.05) is 12.1 Å². The molecular formula is C11H16ClNO2. The topological polar surface area (TPSA) is 44.5 Å². The summed E-state index contributed by atoms with van der Waals surface area (Å²) in [7, 11) is 1.67. The highest BCUT2D eigenvalue weighted by molar-refractivity contribution is 5.85. The summed E-state index contributed by atoms with van der Waals surface area (Å²) in [6.45, 7) is 2.61. The van der Waals surface area contributed by atoms with Crippen LogP contribution in [0.4, 0.5) is 0 Å². The molecule has 1 aromatic carbocycles. The molecule has 1 aromatic rings. The molecule has 1 heterocycles. The number of benzene rings is 1. The smallest absolute Gasteiger partial charge is 0.124 e. The lowest BCUT2D eigenvalue weighted by atomic mass is 9.94. The Hall–Kier alpha value is -0.770. The molecule has 0 bridgehead atoms. The Morgan fingerprint density at radius 2 is 2.20 bits per heavy atom. The van der Waals surface area contributed by atoms with Crippen molar-refractivity contribution in [3.05, 3.63) is 29.3 Å². The van der Waals surface area contributed by atoms with Gasteiger partial charge < -0.3 is 15.2 Å². The molecule has 2 rings (SSSR count). The molecule has 2 N–H and O–H groups in total. The summed E-state index contributed by atoms with van der Waals surface area (Å²) in [6.07, 6.45) is 0.0544. The Morgan fingerprint density at radius 3 is 2.87 bits per heavy atom. The Balaban J connectivity index is 0.00000112. The summed E-state index contributed by atoms with van der Waals surface area (Å²) < 4.78 is 10.8. The van der Waals surface area contributed by atoms with E-state index in [0.29, 0.717) is 6.61 Å². The SMILES string of the molecule is COc1cccc2c1[C@H](N)[C@H](C)OC2.Cl. The first-order valence-corrected chi connectivity index (χ1v) is 4.77. The van der Waals surface area contributed by atoms with E-state index in [2.05, 4.69) is 0 Å². The van der Waals surface area contributed by atoms with Crippen LogP contribution in [-0.2, 0) is 11.3 Å². The highest BCUT2D eigenvalue weighted by Gasteiger charge is 2.26. The second-order valence-corrected chi connectivity index (χ2v) is 3.57. The minimum absolute atomic E-state index is 0. The van der Waals surface area contributed by atoms with Gasteiger partial charge in [0.1, 0.15) is 5.75 Å². The van der Waals surface area contributed by atoms with Gasteiger partial charge in [-0.15, -0.1) is 12.4 Å². The van der Waals surface area contributed by atoms with Crippen molar-refractivity contribution in [3.8, 4) is 5.75 Å². The highest BCUT2D eigenvalue weighted by Crippen LogP contribution is 2.34. The summed E-state index contributed by atoms with van der Waals surface area (Å²) in [5.74, 6) is 0.866. The lowest BCUT2D eigenvalue weighted by Gasteiger charge is -2.30. The fraction of sp³-hybridized carbons (Fsp3) is 0.455. The van der Waals surface area contributed by atoms with Gasteiger partial charge in [-0.2, -0.15) is 0 Å². The number of rotatable bonds is 1. The standard InChI is InChI=1S/C11H15NO2.ClH/c1-7-11(12)10-8(6-14-7)4-3-5-9(10)13-2;/h3-5,7,11H,6,12H2,1-2H3;1H/t7-,11+;/m0./s1. The molecule has 84 valence electrons. The molecule has 0 spiro atoms. The minimum Gasteiger partial charge on any atom is -0.496 e. The normalized spacial score (nSPS) is 23.9. The average molecular weight is 230 g/mol. The van der Waals surface area contributed by atoms with Crippen LogP contribution in [0.25, 0.3) is 0 Å². The fourth-order valence-electron chi connectivity index (χ4n) is 1.83. The van der Waals surface area contributed by atoms with Crippen LogP contribution >= 0.6 is 12.4 Å². The van der Waals surface area contributed by atoms with E-state index >= 15 is 0 Å². The zero-order valence-electron chi connectivity index (χ0n) is 8.90. The molecule has 0 aromatic heterocycles. The van der Waals surface area contributed by atoms with Crippen molar-refractivity contribution in [3.63, 3.8) is 0 Å². The van der Waals surface area contributed by atoms with Crippen molar-refractivity contribution < 1.29 is 9.47 Å². The number of methoxy groups -OCH3 is 1. The highest BCUT2D eigenvalue weighted by atomic mass is 35.5. The van der Waals surface area contributed by atoms with Crippen molar-refractivity contribution in [1.82, 2.24) is 0 Å². The Morgan fingerprint density at radius 1 is 1.47 bits per heavy atom. The van der Waals surface area contributed by atoms with Crippen molar-refractivity contribution in [1.29, 1.82) is 0 Å². The first kappa shape index (κ1) is 12.3. The molecule has 15 heavy (non-hydrogen) atoms. The van der Waals surface area contributed by atoms with Crippen LogP contribution in [0.2, 0.25) is 0 Å². The second-order valence-electron chi connectivity index (χ2n) is 3.57. The van der Waals surface area contributed by atoms with E-state index in [0.717, 1.165) is 16.9 Å². The summed E-state index contributed by atoms with van der Waals surface area (Å²) in [4.78, 5) is 0. The second kappa shape index (κ2) is 4.84. The first-order chi connectivity index (χ1) is 6.74. The minimum atomic E-state index is -0.0881. The van der Waals surface area contributed by atoms with E-state index in [1.54, 1.807) is 7.11 Å². The lowest BCUT2D eigenvalue weighted by Crippen LogP contribution is -2.31. The molecule has 3 nitrogen and oxygen atoms in total. The monoisotopic (exact) mass is 229 g/mol. The van der Waals surface area contributed by atoms with Gasteiger partial charge in [-0.25, -0.2) is 0 Å². The van der Waals surface area contributed by atoms with E-state index in [1.165, 1.54) is 0 Å². The fourth-order valence-corrected chi connectivity index (χ4v) is 1.83. The van der Waals surface area contributed by atoms with Crippen molar-refractivity contribution in [2.75, 3.05) is 7.11 Å². The maximum atomic E-state index is 6.06. The number of hydrogen-bond acceptors (Lipinski definition) is 3. The van der Waals surface area contributed by atoms with E-state index in [-0.39, 0.29) is 24.6 Å². The molecule has 0 saturated carbocycles. The molecule has 0 aliphatic carbocycles. The van der Waals surface area contributed by atoms with Gasteiger partial charge in [0, 0.05) is 5.56 Å². The maximum Gasteiger partial charge on any atom is 0.124 e. The number of fused-ring (bicyclic) bond motifs is 1. The Kier molecular flexibility index (Phi) is 3.97. The predicted molar refractivity (Wildman–Crippen MR) is 61.4 cm³/mol. The summed E-state index contributed by atoms with van der Waals surface area (Å²) in [5, 5.41) is 0. The third-order valence-electron chi connectivity index (χ3n) is 2.72. The van der Waals surface area contributed by atoms with Gasteiger partial charge in [0.15, 0.2) is 0 Å². The molecule has 4 heteroatoms. The molecule has 1 aliphatic heterocycles. The van der Waals surface area contributed by atoms with Crippen LogP contribution in [0.15, 0.2) is 18.2 Å². The summed E-state index contributed by atoms with van der Waals surface area (Å²) in [5.41, 5.74) is 8.29. The van der Waals surface area contributed by atoms with Crippen molar-refractivity contribution in [2.45, 2.75) is 25.7 Å². The first-order valence-electron chi connectivity index (χ1n) is 4.77. The third kappa shape index (κ3) is 2.09. The summed E-state index contributed by atoms with van der Waals surface area (Å²) in [6, 6.07) is 5.85. The molecule has 0 saturated heterocycles. The third-order valence-corrected chi connectivity index (χ3v) is 2.72. The van der Waals surface area contributed by atoms with E-state index < -0.39 is 0 Å². The maximum absolute atomic E-state index is 6.06. The van der Waals surface area contributed by atoms with Gasteiger partial charge in [0.05, 0.1) is 25.9 Å². The zero-order valence-corrected chi connectivity index (χ0v) is 9.71. The Bertz CT molecular complexity index is 329. The van der Waals surface area contributed by atoms with Crippen LogP contribution < -0.4 is 10.5 Å². The van der Waals surface area contributed by atoms with Gasteiger partial charge in [0.2, 0.25) is 0 Å². The number of nitrogens with two attached hydrogens (primary N) is 1. The van der Waals surface area contributed by atoms with Crippen LogP contribution in [0.5, 0.6) is 5.75 Å².